The smallest absolute Gasteiger partial charge is 0.142 e. The van der Waals surface area contributed by atoms with Crippen molar-refractivity contribution in [3.8, 4) is 10.6 Å². The topological polar surface area (TPSA) is 25.8 Å². The Kier molecular flexibility index (Phi) is 6.47. The molecule has 0 aliphatic rings. The molecule has 0 saturated heterocycles. The van der Waals surface area contributed by atoms with E-state index in [0.717, 1.165) is 13.8 Å². The Morgan fingerprint density at radius 2 is 2.12 bits per heavy atom. The average molecular weight is 353 g/mol. The summed E-state index contributed by atoms with van der Waals surface area (Å²) in [5, 5.41) is 0.727. The maximum absolute atomic E-state index is 12.9. The molecule has 2 rings (SSSR count). The Morgan fingerprint density at radius 1 is 1.41 bits per heavy atom. The van der Waals surface area contributed by atoms with E-state index >= 15 is 0 Å². The van der Waals surface area contributed by atoms with E-state index in [4.69, 9.17) is 0 Å². The SMILES string of the molecule is CC.Fc1cncc(-c2nc(Br)c(SS)s2)c1. The van der Waals surface area contributed by atoms with Gasteiger partial charge in [-0.3, -0.25) is 4.98 Å². The largest absolute Gasteiger partial charge is 0.261 e. The predicted molar refractivity (Wildman–Crippen MR) is 79.2 cm³/mol. The summed E-state index contributed by atoms with van der Waals surface area (Å²) in [5.74, 6) is -0.362. The van der Waals surface area contributed by atoms with Gasteiger partial charge in [-0.1, -0.05) is 13.8 Å². The molecule has 0 spiro atoms. The molecule has 0 unspecified atom stereocenters. The van der Waals surface area contributed by atoms with Crippen LogP contribution in [0.25, 0.3) is 10.6 Å². The van der Waals surface area contributed by atoms with Gasteiger partial charge in [0.1, 0.15) is 19.6 Å². The van der Waals surface area contributed by atoms with Crippen LogP contribution in [0.2, 0.25) is 0 Å². The third kappa shape index (κ3) is 3.94. The zero-order valence-corrected chi connectivity index (χ0v) is 13.3. The van der Waals surface area contributed by atoms with Gasteiger partial charge < -0.3 is 0 Å². The molecule has 2 aromatic rings. The van der Waals surface area contributed by atoms with E-state index in [0.29, 0.717) is 5.56 Å². The molecule has 0 atom stereocenters. The van der Waals surface area contributed by atoms with Crippen molar-refractivity contribution in [3.63, 3.8) is 0 Å². The Labute approximate surface area is 121 Å². The Balaban J connectivity index is 0.000000686. The lowest BCUT2D eigenvalue weighted by Gasteiger charge is -1.93. The van der Waals surface area contributed by atoms with Crippen molar-refractivity contribution in [2.45, 2.75) is 18.1 Å². The van der Waals surface area contributed by atoms with Crippen LogP contribution in [0.4, 0.5) is 4.39 Å². The van der Waals surface area contributed by atoms with Crippen molar-refractivity contribution >= 4 is 49.7 Å². The number of pyridine rings is 1. The van der Waals surface area contributed by atoms with E-state index in [1.54, 1.807) is 6.20 Å². The molecule has 0 radical (unpaired) electrons. The summed E-state index contributed by atoms with van der Waals surface area (Å²) >= 11 is 8.85. The molecule has 0 N–H and O–H groups in total. The van der Waals surface area contributed by atoms with Gasteiger partial charge >= 0.3 is 0 Å². The van der Waals surface area contributed by atoms with Gasteiger partial charge in [0.25, 0.3) is 0 Å². The molecule has 0 fully saturated rings. The standard InChI is InChI=1S/C8H4BrFN2S3.C2H6/c9-6-8(15-13)14-7(12-6)4-1-5(10)3-11-2-4;1-2/h1-3,13H;1-2H3. The predicted octanol–water partition coefficient (Wildman–Crippen LogP) is 5.07. The van der Waals surface area contributed by atoms with Crippen molar-refractivity contribution < 1.29 is 4.39 Å². The Morgan fingerprint density at radius 3 is 2.65 bits per heavy atom. The number of thiazole rings is 1. The Bertz CT molecular complexity index is 490. The monoisotopic (exact) mass is 352 g/mol. The van der Waals surface area contributed by atoms with Crippen molar-refractivity contribution in [2.24, 2.45) is 0 Å². The highest BCUT2D eigenvalue weighted by atomic mass is 79.9. The van der Waals surface area contributed by atoms with Gasteiger partial charge in [-0.05, 0) is 32.8 Å². The molecule has 0 amide bonds. The summed E-state index contributed by atoms with van der Waals surface area (Å²) in [6.07, 6.45) is 2.75. The lowest BCUT2D eigenvalue weighted by Crippen LogP contribution is -1.81. The second-order valence-corrected chi connectivity index (χ2v) is 5.73. The second kappa shape index (κ2) is 7.35. The number of aromatic nitrogens is 2. The van der Waals surface area contributed by atoms with Gasteiger partial charge in [0.2, 0.25) is 0 Å². The van der Waals surface area contributed by atoms with Crippen LogP contribution in [0, 0.1) is 5.82 Å². The molecule has 2 aromatic heterocycles. The average Bonchev–Trinajstić information content (AvgIpc) is 2.73. The van der Waals surface area contributed by atoms with Crippen LogP contribution in [-0.4, -0.2) is 9.97 Å². The minimum Gasteiger partial charge on any atom is -0.261 e. The zero-order valence-electron chi connectivity index (χ0n) is 9.15. The van der Waals surface area contributed by atoms with Gasteiger partial charge in [0.05, 0.1) is 6.20 Å². The lowest BCUT2D eigenvalue weighted by molar-refractivity contribution is 0.622. The van der Waals surface area contributed by atoms with E-state index in [-0.39, 0.29) is 5.82 Å². The molecule has 0 aliphatic carbocycles. The minimum atomic E-state index is -0.362. The molecule has 0 saturated carbocycles. The van der Waals surface area contributed by atoms with E-state index < -0.39 is 0 Å². The number of hydrogen-bond donors (Lipinski definition) is 1. The van der Waals surface area contributed by atoms with Gasteiger partial charge in [-0.2, -0.15) is 0 Å². The van der Waals surface area contributed by atoms with Crippen LogP contribution in [0.5, 0.6) is 0 Å². The van der Waals surface area contributed by atoms with Crippen LogP contribution in [0.15, 0.2) is 27.3 Å². The number of rotatable bonds is 2. The van der Waals surface area contributed by atoms with Crippen molar-refractivity contribution in [2.75, 3.05) is 0 Å². The molecule has 0 aromatic carbocycles. The molecular formula is C10H10BrFN2S3. The van der Waals surface area contributed by atoms with Crippen LogP contribution >= 0.6 is 49.7 Å². The first-order chi connectivity index (χ1) is 8.20. The quantitative estimate of drug-likeness (QED) is 0.603. The zero-order chi connectivity index (χ0) is 12.8. The summed E-state index contributed by atoms with van der Waals surface area (Å²) < 4.78 is 14.6. The third-order valence-corrected chi connectivity index (χ3v) is 5.37. The number of hydrogen-bond acceptors (Lipinski definition) is 5. The summed E-state index contributed by atoms with van der Waals surface area (Å²) in [7, 11) is 1.30. The fourth-order valence-corrected chi connectivity index (χ4v) is 3.93. The lowest BCUT2D eigenvalue weighted by atomic mass is 10.3. The first-order valence-corrected chi connectivity index (χ1v) is 8.27. The number of halogens is 2. The highest BCUT2D eigenvalue weighted by molar-refractivity contribution is 9.10. The molecule has 2 heterocycles. The third-order valence-electron chi connectivity index (χ3n) is 1.59. The Hall–Kier alpha value is -0.110. The van der Waals surface area contributed by atoms with Gasteiger partial charge in [0.15, 0.2) is 0 Å². The summed E-state index contributed by atoms with van der Waals surface area (Å²) in [5.41, 5.74) is 0.675. The van der Waals surface area contributed by atoms with E-state index in [9.17, 15) is 4.39 Å². The highest BCUT2D eigenvalue weighted by Crippen LogP contribution is 2.38. The first kappa shape index (κ1) is 14.9. The summed E-state index contributed by atoms with van der Waals surface area (Å²) in [6, 6.07) is 1.41. The molecule has 0 bridgehead atoms. The molecule has 92 valence electrons. The first-order valence-electron chi connectivity index (χ1n) is 4.79. The maximum Gasteiger partial charge on any atom is 0.142 e. The van der Waals surface area contributed by atoms with Crippen LogP contribution in [0.1, 0.15) is 13.8 Å². The molecule has 0 aliphatic heterocycles. The second-order valence-electron chi connectivity index (χ2n) is 2.58. The minimum absolute atomic E-state index is 0.362. The van der Waals surface area contributed by atoms with E-state index in [1.165, 1.54) is 34.4 Å². The summed E-state index contributed by atoms with van der Waals surface area (Å²) in [4.78, 5) is 8.03. The molecule has 17 heavy (non-hydrogen) atoms. The van der Waals surface area contributed by atoms with Crippen LogP contribution in [-0.2, 0) is 0 Å². The molecule has 2 nitrogen and oxygen atoms in total. The highest BCUT2D eigenvalue weighted by Gasteiger charge is 2.10. The van der Waals surface area contributed by atoms with Crippen molar-refractivity contribution in [1.82, 2.24) is 9.97 Å². The maximum atomic E-state index is 12.9. The van der Waals surface area contributed by atoms with Gasteiger partial charge in [0, 0.05) is 11.8 Å². The molecule has 7 heteroatoms. The van der Waals surface area contributed by atoms with Gasteiger partial charge in [-0.25, -0.2) is 9.37 Å². The van der Waals surface area contributed by atoms with E-state index in [1.807, 2.05) is 13.8 Å². The van der Waals surface area contributed by atoms with Gasteiger partial charge in [-0.15, -0.1) is 23.0 Å². The van der Waals surface area contributed by atoms with E-state index in [2.05, 4.69) is 37.6 Å². The van der Waals surface area contributed by atoms with Crippen molar-refractivity contribution in [1.29, 1.82) is 0 Å². The normalized spacial score (nSPS) is 9.71. The van der Waals surface area contributed by atoms with Crippen LogP contribution in [0.3, 0.4) is 0 Å². The summed E-state index contributed by atoms with van der Waals surface area (Å²) in [6.45, 7) is 4.00. The fraction of sp³-hybridized carbons (Fsp3) is 0.200. The number of nitrogens with zero attached hydrogens (tertiary/aromatic N) is 2. The number of thiol groups is 1. The molecular weight excluding hydrogens is 343 g/mol. The van der Waals surface area contributed by atoms with Crippen molar-refractivity contribution in [3.05, 3.63) is 28.9 Å². The fourth-order valence-electron chi connectivity index (χ4n) is 0.996. The van der Waals surface area contributed by atoms with Crippen LogP contribution < -0.4 is 0 Å².